The Morgan fingerprint density at radius 2 is 2.05 bits per heavy atom. The molecular formula is C11H10F4N4. The molecule has 0 atom stereocenters. The molecule has 0 spiro atoms. The van der Waals surface area contributed by atoms with E-state index in [1.165, 1.54) is 6.08 Å². The van der Waals surface area contributed by atoms with Crippen LogP contribution in [0.1, 0.15) is 17.5 Å². The SMILES string of the molecule is [N-]=[N+]=NCCC=Cc1cc(F)c(N)cc1C(F)(F)F. The molecule has 2 N–H and O–H groups in total. The fraction of sp³-hybridized carbons (Fsp3) is 0.273. The summed E-state index contributed by atoms with van der Waals surface area (Å²) in [6.07, 6.45) is -1.87. The molecule has 0 heterocycles. The van der Waals surface area contributed by atoms with Crippen LogP contribution >= 0.6 is 0 Å². The molecule has 19 heavy (non-hydrogen) atoms. The molecule has 1 rings (SSSR count). The van der Waals surface area contributed by atoms with Crippen molar-refractivity contribution in [2.75, 3.05) is 12.3 Å². The van der Waals surface area contributed by atoms with Crippen LogP contribution in [0.25, 0.3) is 16.5 Å². The third kappa shape index (κ3) is 4.18. The molecule has 102 valence electrons. The van der Waals surface area contributed by atoms with E-state index in [4.69, 9.17) is 11.3 Å². The zero-order valence-corrected chi connectivity index (χ0v) is 9.65. The fourth-order valence-corrected chi connectivity index (χ4v) is 1.38. The van der Waals surface area contributed by atoms with E-state index in [1.54, 1.807) is 0 Å². The van der Waals surface area contributed by atoms with Crippen LogP contribution in [0.4, 0.5) is 23.2 Å². The van der Waals surface area contributed by atoms with Gasteiger partial charge in [-0.3, -0.25) is 0 Å². The van der Waals surface area contributed by atoms with Gasteiger partial charge in [0.25, 0.3) is 0 Å². The minimum absolute atomic E-state index is 0.117. The van der Waals surface area contributed by atoms with Crippen LogP contribution < -0.4 is 5.73 Å². The zero-order valence-electron chi connectivity index (χ0n) is 9.65. The first-order valence-corrected chi connectivity index (χ1v) is 5.20. The summed E-state index contributed by atoms with van der Waals surface area (Å²) in [6.45, 7) is 0.117. The number of nitrogen functional groups attached to an aromatic ring is 1. The van der Waals surface area contributed by atoms with Gasteiger partial charge in [-0.25, -0.2) is 4.39 Å². The highest BCUT2D eigenvalue weighted by atomic mass is 19.4. The Morgan fingerprint density at radius 1 is 1.37 bits per heavy atom. The molecule has 1 aromatic carbocycles. The molecule has 0 aliphatic carbocycles. The highest BCUT2D eigenvalue weighted by molar-refractivity contribution is 5.60. The van der Waals surface area contributed by atoms with E-state index < -0.39 is 23.2 Å². The smallest absolute Gasteiger partial charge is 0.396 e. The van der Waals surface area contributed by atoms with E-state index in [0.717, 1.165) is 12.1 Å². The van der Waals surface area contributed by atoms with Crippen molar-refractivity contribution < 1.29 is 17.6 Å². The summed E-state index contributed by atoms with van der Waals surface area (Å²) in [7, 11) is 0. The summed E-state index contributed by atoms with van der Waals surface area (Å²) in [4.78, 5) is 2.50. The van der Waals surface area contributed by atoms with Crippen molar-refractivity contribution in [3.05, 3.63) is 45.6 Å². The first-order valence-electron chi connectivity index (χ1n) is 5.20. The predicted molar refractivity (Wildman–Crippen MR) is 63.5 cm³/mol. The number of hydrogen-bond acceptors (Lipinski definition) is 2. The fourth-order valence-electron chi connectivity index (χ4n) is 1.38. The van der Waals surface area contributed by atoms with Gasteiger partial charge in [-0.05, 0) is 29.6 Å². The lowest BCUT2D eigenvalue weighted by Crippen LogP contribution is -2.09. The van der Waals surface area contributed by atoms with E-state index in [1.807, 2.05) is 0 Å². The average Bonchev–Trinajstić information content (AvgIpc) is 2.31. The number of hydrogen-bond donors (Lipinski definition) is 1. The maximum Gasteiger partial charge on any atom is 0.417 e. The number of anilines is 1. The molecule has 0 saturated heterocycles. The van der Waals surface area contributed by atoms with Gasteiger partial charge in [-0.1, -0.05) is 17.3 Å². The van der Waals surface area contributed by atoms with Crippen molar-refractivity contribution in [2.24, 2.45) is 5.11 Å². The summed E-state index contributed by atoms with van der Waals surface area (Å²) >= 11 is 0. The molecule has 0 aliphatic heterocycles. The van der Waals surface area contributed by atoms with Crippen LogP contribution in [-0.2, 0) is 6.18 Å². The maximum atomic E-state index is 13.2. The number of nitrogens with zero attached hydrogens (tertiary/aromatic N) is 3. The summed E-state index contributed by atoms with van der Waals surface area (Å²) < 4.78 is 51.3. The second-order valence-electron chi connectivity index (χ2n) is 3.60. The van der Waals surface area contributed by atoms with Crippen LogP contribution in [0.3, 0.4) is 0 Å². The van der Waals surface area contributed by atoms with Crippen LogP contribution in [0.2, 0.25) is 0 Å². The number of benzene rings is 1. The van der Waals surface area contributed by atoms with Crippen molar-refractivity contribution >= 4 is 11.8 Å². The number of alkyl halides is 3. The van der Waals surface area contributed by atoms with Crippen molar-refractivity contribution in [1.29, 1.82) is 0 Å². The Kier molecular flexibility index (Phi) is 4.77. The molecule has 0 aromatic heterocycles. The van der Waals surface area contributed by atoms with Gasteiger partial charge >= 0.3 is 6.18 Å². The maximum absolute atomic E-state index is 13.2. The molecule has 0 saturated carbocycles. The first kappa shape index (κ1) is 14.8. The van der Waals surface area contributed by atoms with E-state index in [9.17, 15) is 17.6 Å². The minimum atomic E-state index is -4.62. The monoisotopic (exact) mass is 274 g/mol. The van der Waals surface area contributed by atoms with Crippen LogP contribution in [0.5, 0.6) is 0 Å². The zero-order chi connectivity index (χ0) is 14.5. The molecule has 0 aliphatic rings. The summed E-state index contributed by atoms with van der Waals surface area (Å²) in [5, 5.41) is 3.22. The summed E-state index contributed by atoms with van der Waals surface area (Å²) in [6, 6.07) is 1.28. The third-order valence-electron chi connectivity index (χ3n) is 2.23. The molecular weight excluding hydrogens is 264 g/mol. The summed E-state index contributed by atoms with van der Waals surface area (Å²) in [5.41, 5.74) is 11.3. The van der Waals surface area contributed by atoms with E-state index in [0.29, 0.717) is 6.07 Å². The van der Waals surface area contributed by atoms with Gasteiger partial charge in [0.15, 0.2) is 0 Å². The van der Waals surface area contributed by atoms with Gasteiger partial charge in [0.1, 0.15) is 5.82 Å². The van der Waals surface area contributed by atoms with Crippen molar-refractivity contribution in [3.8, 4) is 0 Å². The lowest BCUT2D eigenvalue weighted by molar-refractivity contribution is -0.137. The predicted octanol–water partition coefficient (Wildman–Crippen LogP) is 4.14. The van der Waals surface area contributed by atoms with Gasteiger partial charge in [0.2, 0.25) is 0 Å². The number of rotatable bonds is 4. The Bertz CT molecular complexity index is 530. The van der Waals surface area contributed by atoms with Gasteiger partial charge in [0, 0.05) is 11.5 Å². The van der Waals surface area contributed by atoms with Gasteiger partial charge in [-0.15, -0.1) is 0 Å². The van der Waals surface area contributed by atoms with E-state index in [-0.39, 0.29) is 18.5 Å². The quantitative estimate of drug-likeness (QED) is 0.220. The van der Waals surface area contributed by atoms with Gasteiger partial charge in [0.05, 0.1) is 11.3 Å². The molecule has 8 heteroatoms. The number of azide groups is 1. The molecule has 1 aromatic rings. The second-order valence-corrected chi connectivity index (χ2v) is 3.60. The van der Waals surface area contributed by atoms with Crippen molar-refractivity contribution in [2.45, 2.75) is 12.6 Å². The number of halogens is 4. The van der Waals surface area contributed by atoms with E-state index >= 15 is 0 Å². The van der Waals surface area contributed by atoms with Gasteiger partial charge in [-0.2, -0.15) is 13.2 Å². The van der Waals surface area contributed by atoms with Gasteiger partial charge < -0.3 is 5.73 Å². The van der Waals surface area contributed by atoms with E-state index in [2.05, 4.69) is 10.0 Å². The molecule has 0 unspecified atom stereocenters. The average molecular weight is 274 g/mol. The Hall–Kier alpha value is -2.21. The standard InChI is InChI=1S/C11H10F4N4/c12-9-5-7(3-1-2-4-18-19-17)8(6-10(9)16)11(13,14)15/h1,3,5-6H,2,4,16H2. The highest BCUT2D eigenvalue weighted by Gasteiger charge is 2.33. The second kappa shape index (κ2) is 6.10. The molecule has 0 radical (unpaired) electrons. The molecule has 4 nitrogen and oxygen atoms in total. The first-order chi connectivity index (χ1) is 8.86. The topological polar surface area (TPSA) is 74.8 Å². The Balaban J connectivity index is 3.04. The van der Waals surface area contributed by atoms with Crippen LogP contribution in [0, 0.1) is 5.82 Å². The normalized spacial score (nSPS) is 11.6. The lowest BCUT2D eigenvalue weighted by atomic mass is 10.0. The van der Waals surface area contributed by atoms with Crippen LogP contribution in [-0.4, -0.2) is 6.54 Å². The molecule has 0 bridgehead atoms. The minimum Gasteiger partial charge on any atom is -0.396 e. The highest BCUT2D eigenvalue weighted by Crippen LogP contribution is 2.34. The summed E-state index contributed by atoms with van der Waals surface area (Å²) in [5.74, 6) is -0.914. The van der Waals surface area contributed by atoms with Crippen molar-refractivity contribution in [1.82, 2.24) is 0 Å². The number of nitrogens with two attached hydrogens (primary N) is 1. The third-order valence-corrected chi connectivity index (χ3v) is 2.23. The largest absolute Gasteiger partial charge is 0.417 e. The molecule has 0 amide bonds. The molecule has 0 fully saturated rings. The lowest BCUT2D eigenvalue weighted by Gasteiger charge is -2.11. The van der Waals surface area contributed by atoms with Crippen LogP contribution in [0.15, 0.2) is 23.3 Å². The Labute approximate surface area is 106 Å². The Morgan fingerprint density at radius 3 is 2.63 bits per heavy atom. The van der Waals surface area contributed by atoms with Crippen molar-refractivity contribution in [3.63, 3.8) is 0 Å².